The van der Waals surface area contributed by atoms with Crippen LogP contribution in [0.15, 0.2) is 42.9 Å². The third kappa shape index (κ3) is 4.10. The van der Waals surface area contributed by atoms with Gasteiger partial charge in [-0.15, -0.1) is 0 Å². The van der Waals surface area contributed by atoms with Gasteiger partial charge in [-0.05, 0) is 42.0 Å². The van der Waals surface area contributed by atoms with E-state index in [1.54, 1.807) is 24.7 Å². The van der Waals surface area contributed by atoms with Gasteiger partial charge in [-0.1, -0.05) is 26.8 Å². The molecule has 0 N–H and O–H groups in total. The molecule has 130 valence electrons. The molecule has 2 aromatic heterocycles. The minimum atomic E-state index is -0.372. The minimum Gasteiger partial charge on any atom is -0.490 e. The van der Waals surface area contributed by atoms with Crippen molar-refractivity contribution >= 4 is 11.2 Å². The van der Waals surface area contributed by atoms with Crippen LogP contribution in [-0.4, -0.2) is 21.6 Å². The maximum Gasteiger partial charge on any atom is 0.178 e. The normalized spacial score (nSPS) is 12.5. The van der Waals surface area contributed by atoms with Crippen molar-refractivity contribution < 1.29 is 9.13 Å². The molecule has 0 unspecified atom stereocenters. The highest BCUT2D eigenvalue weighted by Crippen LogP contribution is 2.29. The van der Waals surface area contributed by atoms with Crippen molar-refractivity contribution in [2.45, 2.75) is 27.2 Å². The van der Waals surface area contributed by atoms with E-state index in [2.05, 4.69) is 35.7 Å². The number of benzene rings is 1. The van der Waals surface area contributed by atoms with E-state index in [0.717, 1.165) is 17.5 Å². The van der Waals surface area contributed by atoms with Crippen LogP contribution in [-0.2, 0) is 0 Å². The number of pyridine rings is 1. The van der Waals surface area contributed by atoms with Gasteiger partial charge in [-0.3, -0.25) is 4.98 Å². The Balaban J connectivity index is 1.82. The molecule has 3 aromatic rings. The molecule has 0 fully saturated rings. The number of halogens is 1. The number of hydrogen-bond donors (Lipinski definition) is 0. The molecule has 0 radical (unpaired) electrons. The summed E-state index contributed by atoms with van der Waals surface area (Å²) < 4.78 is 20.1. The van der Waals surface area contributed by atoms with Gasteiger partial charge in [0.2, 0.25) is 0 Å². The van der Waals surface area contributed by atoms with Crippen LogP contribution in [0.3, 0.4) is 0 Å². The molecule has 4 nitrogen and oxygen atoms in total. The van der Waals surface area contributed by atoms with Crippen LogP contribution in [0.4, 0.5) is 4.39 Å². The summed E-state index contributed by atoms with van der Waals surface area (Å²) in [6.07, 6.45) is 5.91. The first-order valence-corrected chi connectivity index (χ1v) is 8.53. The van der Waals surface area contributed by atoms with E-state index in [1.807, 2.05) is 12.1 Å². The Morgan fingerprint density at radius 3 is 2.52 bits per heavy atom. The Morgan fingerprint density at radius 2 is 1.76 bits per heavy atom. The molecule has 2 heterocycles. The standard InChI is InChI=1S/C20H22FN3O/c1-13(2)10-14(3)12-25-18-5-4-15(11-17(18)21)16-6-7-23-20-19(16)22-8-9-24-20/h4-9,11,13-14H,10,12H2,1-3H3/t14-/m1/s1. The maximum atomic E-state index is 14.5. The second-order valence-electron chi connectivity index (χ2n) is 6.78. The van der Waals surface area contributed by atoms with Crippen LogP contribution < -0.4 is 4.74 Å². The molecule has 0 aliphatic carbocycles. The lowest BCUT2D eigenvalue weighted by atomic mass is 10.00. The Kier molecular flexibility index (Phi) is 5.22. The van der Waals surface area contributed by atoms with E-state index in [4.69, 9.17) is 4.74 Å². The van der Waals surface area contributed by atoms with Crippen molar-refractivity contribution in [3.63, 3.8) is 0 Å². The van der Waals surface area contributed by atoms with E-state index in [9.17, 15) is 4.39 Å². The van der Waals surface area contributed by atoms with Crippen molar-refractivity contribution in [3.05, 3.63) is 48.7 Å². The zero-order valence-electron chi connectivity index (χ0n) is 14.7. The predicted molar refractivity (Wildman–Crippen MR) is 96.8 cm³/mol. The first-order valence-electron chi connectivity index (χ1n) is 8.53. The lowest BCUT2D eigenvalue weighted by Crippen LogP contribution is -2.11. The lowest BCUT2D eigenvalue weighted by molar-refractivity contribution is 0.230. The highest BCUT2D eigenvalue weighted by Gasteiger charge is 2.12. The summed E-state index contributed by atoms with van der Waals surface area (Å²) in [5.74, 6) is 0.900. The largest absolute Gasteiger partial charge is 0.490 e. The van der Waals surface area contributed by atoms with Crippen molar-refractivity contribution in [1.82, 2.24) is 15.0 Å². The maximum absolute atomic E-state index is 14.5. The fraction of sp³-hybridized carbons (Fsp3) is 0.350. The van der Waals surface area contributed by atoms with Gasteiger partial charge in [-0.2, -0.15) is 0 Å². The van der Waals surface area contributed by atoms with E-state index in [-0.39, 0.29) is 11.6 Å². The van der Waals surface area contributed by atoms with Gasteiger partial charge >= 0.3 is 0 Å². The van der Waals surface area contributed by atoms with Crippen LogP contribution in [0.25, 0.3) is 22.3 Å². The fourth-order valence-corrected chi connectivity index (χ4v) is 3.00. The molecule has 0 aliphatic heterocycles. The topological polar surface area (TPSA) is 47.9 Å². The summed E-state index contributed by atoms with van der Waals surface area (Å²) in [6.45, 7) is 6.98. The second kappa shape index (κ2) is 7.55. The van der Waals surface area contributed by atoms with Crippen LogP contribution in [0.1, 0.15) is 27.2 Å². The zero-order valence-corrected chi connectivity index (χ0v) is 14.7. The molecular weight excluding hydrogens is 317 g/mol. The lowest BCUT2D eigenvalue weighted by Gasteiger charge is -2.15. The van der Waals surface area contributed by atoms with Crippen molar-refractivity contribution in [2.75, 3.05) is 6.61 Å². The smallest absolute Gasteiger partial charge is 0.178 e. The molecular formula is C20H22FN3O. The first-order chi connectivity index (χ1) is 12.0. The summed E-state index contributed by atoms with van der Waals surface area (Å²) in [5, 5.41) is 0. The van der Waals surface area contributed by atoms with Crippen LogP contribution >= 0.6 is 0 Å². The molecule has 0 saturated carbocycles. The predicted octanol–water partition coefficient (Wildman–Crippen LogP) is 4.89. The highest BCUT2D eigenvalue weighted by molar-refractivity contribution is 5.88. The van der Waals surface area contributed by atoms with Gasteiger partial charge in [0.25, 0.3) is 0 Å². The molecule has 25 heavy (non-hydrogen) atoms. The summed E-state index contributed by atoms with van der Waals surface area (Å²) in [4.78, 5) is 12.7. The van der Waals surface area contributed by atoms with Gasteiger partial charge in [0.1, 0.15) is 5.52 Å². The third-order valence-corrected chi connectivity index (χ3v) is 4.01. The highest BCUT2D eigenvalue weighted by atomic mass is 19.1. The minimum absolute atomic E-state index is 0.281. The Morgan fingerprint density at radius 1 is 1.00 bits per heavy atom. The SMILES string of the molecule is CC(C)C[C@@H](C)COc1ccc(-c2ccnc3nccnc23)cc1F. The van der Waals surface area contributed by atoms with Gasteiger partial charge in [0.15, 0.2) is 17.2 Å². The van der Waals surface area contributed by atoms with Crippen molar-refractivity contribution in [1.29, 1.82) is 0 Å². The van der Waals surface area contributed by atoms with Gasteiger partial charge in [0.05, 0.1) is 6.61 Å². The molecule has 1 aromatic carbocycles. The number of aromatic nitrogens is 3. The second-order valence-corrected chi connectivity index (χ2v) is 6.78. The Bertz CT molecular complexity index is 861. The average molecular weight is 339 g/mol. The quantitative estimate of drug-likeness (QED) is 0.641. The Hall–Kier alpha value is -2.56. The van der Waals surface area contributed by atoms with Crippen LogP contribution in [0.2, 0.25) is 0 Å². The molecule has 0 aliphatic rings. The fourth-order valence-electron chi connectivity index (χ4n) is 3.00. The zero-order chi connectivity index (χ0) is 17.8. The molecule has 0 amide bonds. The summed E-state index contributed by atoms with van der Waals surface area (Å²) in [7, 11) is 0. The van der Waals surface area contributed by atoms with Crippen LogP contribution in [0, 0.1) is 17.7 Å². The monoisotopic (exact) mass is 339 g/mol. The number of nitrogens with zero attached hydrogens (tertiary/aromatic N) is 3. The summed E-state index contributed by atoms with van der Waals surface area (Å²) >= 11 is 0. The third-order valence-electron chi connectivity index (χ3n) is 4.01. The summed E-state index contributed by atoms with van der Waals surface area (Å²) in [6, 6.07) is 6.81. The number of hydrogen-bond acceptors (Lipinski definition) is 4. The van der Waals surface area contributed by atoms with Gasteiger partial charge < -0.3 is 4.74 Å². The molecule has 0 spiro atoms. The Labute approximate surface area is 147 Å². The number of rotatable bonds is 6. The van der Waals surface area contributed by atoms with Crippen molar-refractivity contribution in [2.24, 2.45) is 11.8 Å². The van der Waals surface area contributed by atoms with Crippen molar-refractivity contribution in [3.8, 4) is 16.9 Å². The average Bonchev–Trinajstić information content (AvgIpc) is 2.59. The summed E-state index contributed by atoms with van der Waals surface area (Å²) in [5.41, 5.74) is 2.73. The molecule has 5 heteroatoms. The van der Waals surface area contributed by atoms with E-state index in [1.165, 1.54) is 6.07 Å². The van der Waals surface area contributed by atoms with Gasteiger partial charge in [0, 0.05) is 24.2 Å². The van der Waals surface area contributed by atoms with E-state index >= 15 is 0 Å². The number of fused-ring (bicyclic) bond motifs is 1. The van der Waals surface area contributed by atoms with Crippen LogP contribution in [0.5, 0.6) is 5.75 Å². The first kappa shape index (κ1) is 17.3. The molecule has 0 bridgehead atoms. The van der Waals surface area contributed by atoms with E-state index in [0.29, 0.717) is 29.6 Å². The molecule has 3 rings (SSSR count). The van der Waals surface area contributed by atoms with Gasteiger partial charge in [-0.25, -0.2) is 14.4 Å². The van der Waals surface area contributed by atoms with E-state index < -0.39 is 0 Å². The number of ether oxygens (including phenoxy) is 1. The molecule has 1 atom stereocenters. The molecule has 0 saturated heterocycles.